The summed E-state index contributed by atoms with van der Waals surface area (Å²) in [6.07, 6.45) is 1.48. The Kier molecular flexibility index (Phi) is 2.63. The Hall–Kier alpha value is -1.58. The van der Waals surface area contributed by atoms with Crippen molar-refractivity contribution in [2.24, 2.45) is 0 Å². The van der Waals surface area contributed by atoms with Crippen LogP contribution in [0, 0.1) is 5.53 Å². The largest absolute Gasteiger partial charge is 0.609 e. The van der Waals surface area contributed by atoms with E-state index < -0.39 is 5.95 Å². The minimum Gasteiger partial charge on any atom is -0.609 e. The van der Waals surface area contributed by atoms with Crippen LogP contribution in [0.3, 0.4) is 0 Å². The molecule has 0 saturated heterocycles. The van der Waals surface area contributed by atoms with Gasteiger partial charge in [-0.2, -0.15) is 0 Å². The standard InChI is InChI=1S/C8H10N2O2/c1-2-12-8(11)7-5-3-4-6-10(7)9/h3-6H,2H2,1H3,(H-,9,11). The van der Waals surface area contributed by atoms with Crippen LogP contribution in [-0.2, 0) is 4.74 Å². The van der Waals surface area contributed by atoms with Crippen molar-refractivity contribution in [3.63, 3.8) is 0 Å². The summed E-state index contributed by atoms with van der Waals surface area (Å²) in [6, 6.07) is 4.91. The van der Waals surface area contributed by atoms with E-state index in [0.717, 1.165) is 4.36 Å². The Balaban J connectivity index is 3.25. The molecule has 0 aromatic carbocycles. The molecule has 0 radical (unpaired) electrons. The zero-order chi connectivity index (χ0) is 8.97. The highest BCUT2D eigenvalue weighted by Crippen LogP contribution is 1.81. The third-order valence-corrected chi connectivity index (χ3v) is 1.34. The van der Waals surface area contributed by atoms with Gasteiger partial charge in [0.1, 0.15) is 5.95 Å². The minimum absolute atomic E-state index is 0.236. The molecule has 0 unspecified atom stereocenters. The van der Waals surface area contributed by atoms with E-state index in [4.69, 9.17) is 10.3 Å². The molecule has 0 spiro atoms. The molecule has 1 rings (SSSR count). The fourth-order valence-corrected chi connectivity index (χ4v) is 0.814. The molecule has 0 atom stereocenters. The predicted molar refractivity (Wildman–Crippen MR) is 39.4 cm³/mol. The summed E-state index contributed by atoms with van der Waals surface area (Å²) >= 11 is 0. The predicted octanol–water partition coefficient (Wildman–Crippen LogP) is -0.953. The summed E-state index contributed by atoms with van der Waals surface area (Å²) in [5.41, 5.74) is 7.30. The fraction of sp³-hybridized carbons (Fsp3) is 0.250. The maximum atomic E-state index is 11.1. The first-order valence-corrected chi connectivity index (χ1v) is 3.65. The first-order chi connectivity index (χ1) is 5.75. The van der Waals surface area contributed by atoms with Crippen LogP contribution in [0.2, 0.25) is 0 Å². The van der Waals surface area contributed by atoms with Crippen molar-refractivity contribution in [1.29, 1.82) is 5.53 Å². The van der Waals surface area contributed by atoms with E-state index in [1.807, 2.05) is 0 Å². The molecule has 64 valence electrons. The molecule has 0 amide bonds. The van der Waals surface area contributed by atoms with Crippen molar-refractivity contribution >= 4 is 5.95 Å². The average Bonchev–Trinajstić information content (AvgIpc) is 2.05. The first kappa shape index (κ1) is 8.52. The second kappa shape index (κ2) is 3.71. The van der Waals surface area contributed by atoms with Gasteiger partial charge in [-0.25, -0.2) is 0 Å². The van der Waals surface area contributed by atoms with Gasteiger partial charge in [0.05, 0.1) is 0 Å². The van der Waals surface area contributed by atoms with Crippen molar-refractivity contribution in [3.8, 4) is 0 Å². The SMILES string of the molecule is CCO/C([O-])=c1/cccc[n+]1=N. The van der Waals surface area contributed by atoms with Crippen LogP contribution in [0.15, 0.2) is 24.4 Å². The van der Waals surface area contributed by atoms with Crippen LogP contribution >= 0.6 is 0 Å². The van der Waals surface area contributed by atoms with Gasteiger partial charge in [0, 0.05) is 12.1 Å². The molecule has 12 heavy (non-hydrogen) atoms. The molecular weight excluding hydrogens is 156 g/mol. The monoisotopic (exact) mass is 166 g/mol. The lowest BCUT2D eigenvalue weighted by molar-refractivity contribution is -0.590. The summed E-state index contributed by atoms with van der Waals surface area (Å²) in [5, 5.41) is 11.3. The van der Waals surface area contributed by atoms with Crippen LogP contribution in [0.4, 0.5) is 0 Å². The molecule has 0 aliphatic carbocycles. The Morgan fingerprint density at radius 1 is 1.67 bits per heavy atom. The fourth-order valence-electron chi connectivity index (χ4n) is 0.814. The van der Waals surface area contributed by atoms with Crippen molar-refractivity contribution in [2.45, 2.75) is 6.92 Å². The lowest BCUT2D eigenvalue weighted by Crippen LogP contribution is -2.39. The van der Waals surface area contributed by atoms with Crippen LogP contribution in [-0.4, -0.2) is 6.61 Å². The number of aromatic nitrogens is 1. The van der Waals surface area contributed by atoms with Crippen LogP contribution in [0.25, 0.3) is 5.95 Å². The Morgan fingerprint density at radius 2 is 2.42 bits per heavy atom. The molecule has 4 heteroatoms. The average molecular weight is 166 g/mol. The second-order valence-corrected chi connectivity index (χ2v) is 2.18. The third-order valence-electron chi connectivity index (χ3n) is 1.34. The van der Waals surface area contributed by atoms with Crippen molar-refractivity contribution in [2.75, 3.05) is 6.61 Å². The van der Waals surface area contributed by atoms with Gasteiger partial charge in [0.15, 0.2) is 0 Å². The smallest absolute Gasteiger partial charge is 0.259 e. The van der Waals surface area contributed by atoms with Crippen molar-refractivity contribution in [3.05, 3.63) is 29.7 Å². The van der Waals surface area contributed by atoms with Gasteiger partial charge >= 0.3 is 0 Å². The van der Waals surface area contributed by atoms with Crippen molar-refractivity contribution in [1.82, 2.24) is 0 Å². The van der Waals surface area contributed by atoms with E-state index in [-0.39, 0.29) is 5.35 Å². The first-order valence-electron chi connectivity index (χ1n) is 3.65. The Morgan fingerprint density at radius 3 is 3.00 bits per heavy atom. The van der Waals surface area contributed by atoms with E-state index in [1.165, 1.54) is 6.20 Å². The number of hydrogen-bond donors (Lipinski definition) is 1. The number of hydrogen-bond acceptors (Lipinski definition) is 3. The number of nitrogens with one attached hydrogen (secondary N) is 1. The van der Waals surface area contributed by atoms with Gasteiger partial charge in [0.2, 0.25) is 6.20 Å². The van der Waals surface area contributed by atoms with E-state index in [1.54, 1.807) is 25.1 Å². The highest BCUT2D eigenvalue weighted by Gasteiger charge is 1.93. The topological polar surface area (TPSA) is 62.0 Å². The number of nitrogens with zero attached hydrogens (tertiary/aromatic N) is 1. The molecule has 0 aliphatic heterocycles. The van der Waals surface area contributed by atoms with E-state index in [9.17, 15) is 5.11 Å². The second-order valence-electron chi connectivity index (χ2n) is 2.18. The van der Waals surface area contributed by atoms with Gasteiger partial charge in [-0.3, -0.25) is 0 Å². The number of ether oxygens (including phenoxy) is 1. The van der Waals surface area contributed by atoms with Gasteiger partial charge in [-0.05, 0) is 18.2 Å². The maximum Gasteiger partial charge on any atom is 0.259 e. The normalized spacial score (nSPS) is 12.4. The molecule has 1 aromatic heterocycles. The quantitative estimate of drug-likeness (QED) is 0.575. The van der Waals surface area contributed by atoms with E-state index in [2.05, 4.69) is 0 Å². The van der Waals surface area contributed by atoms with Gasteiger partial charge in [-0.15, -0.1) is 0 Å². The summed E-state index contributed by atoms with van der Waals surface area (Å²) in [4.78, 5) is 0. The lowest BCUT2D eigenvalue weighted by atomic mass is 10.4. The molecule has 4 nitrogen and oxygen atoms in total. The molecule has 0 fully saturated rings. The summed E-state index contributed by atoms with van der Waals surface area (Å²) in [6.45, 7) is 2.06. The Labute approximate surface area is 69.9 Å². The number of rotatable bonds is 2. The van der Waals surface area contributed by atoms with Crippen LogP contribution in [0.5, 0.6) is 0 Å². The molecular formula is C8H10N2O2. The molecule has 1 N–H and O–H groups in total. The zero-order valence-corrected chi connectivity index (χ0v) is 6.78. The summed E-state index contributed by atoms with van der Waals surface area (Å²) in [7, 11) is 0. The third kappa shape index (κ3) is 1.72. The van der Waals surface area contributed by atoms with Crippen LogP contribution < -0.4 is 14.8 Å². The maximum absolute atomic E-state index is 11.1. The summed E-state index contributed by atoms with van der Waals surface area (Å²) in [5.74, 6) is -0.465. The highest BCUT2D eigenvalue weighted by atomic mass is 16.6. The van der Waals surface area contributed by atoms with Gasteiger partial charge in [0.25, 0.3) is 5.35 Å². The van der Waals surface area contributed by atoms with Crippen molar-refractivity contribution < 1.29 is 14.2 Å². The molecule has 0 bridgehead atoms. The van der Waals surface area contributed by atoms with E-state index >= 15 is 0 Å². The Bertz CT molecular complexity index is 362. The molecule has 1 heterocycles. The minimum atomic E-state index is -0.465. The van der Waals surface area contributed by atoms with Crippen LogP contribution in [0.1, 0.15) is 6.92 Å². The summed E-state index contributed by atoms with van der Waals surface area (Å²) < 4.78 is 5.71. The van der Waals surface area contributed by atoms with E-state index in [0.29, 0.717) is 6.61 Å². The molecule has 0 aliphatic rings. The van der Waals surface area contributed by atoms with Gasteiger partial charge < -0.3 is 9.84 Å². The van der Waals surface area contributed by atoms with Gasteiger partial charge in [-0.1, -0.05) is 11.3 Å². The number of pyridine rings is 1. The lowest BCUT2D eigenvalue weighted by Gasteiger charge is -2.07. The zero-order valence-electron chi connectivity index (χ0n) is 6.78. The molecule has 0 saturated carbocycles. The molecule has 1 aromatic rings. The highest BCUT2D eigenvalue weighted by molar-refractivity contribution is 5.16.